The lowest BCUT2D eigenvalue weighted by Gasteiger charge is -2.13. The highest BCUT2D eigenvalue weighted by Gasteiger charge is 2.36. The lowest BCUT2D eigenvalue weighted by molar-refractivity contribution is -0.384. The molecule has 0 bridgehead atoms. The first-order valence-corrected chi connectivity index (χ1v) is 10.8. The number of aromatic nitrogens is 1. The van der Waals surface area contributed by atoms with Crippen molar-refractivity contribution in [1.29, 1.82) is 0 Å². The van der Waals surface area contributed by atoms with Crippen molar-refractivity contribution in [3.8, 4) is 5.69 Å². The molecule has 2 amide bonds. The van der Waals surface area contributed by atoms with E-state index in [2.05, 4.69) is 0 Å². The summed E-state index contributed by atoms with van der Waals surface area (Å²) < 4.78 is 1.98. The van der Waals surface area contributed by atoms with Crippen molar-refractivity contribution in [2.24, 2.45) is 0 Å². The van der Waals surface area contributed by atoms with E-state index < -0.39 is 10.8 Å². The zero-order valence-corrected chi connectivity index (χ0v) is 19.0. The highest BCUT2D eigenvalue weighted by atomic mass is 35.5. The smallest absolute Gasteiger partial charge is 0.298 e. The zero-order valence-electron chi connectivity index (χ0n) is 17.5. The van der Waals surface area contributed by atoms with Gasteiger partial charge in [-0.2, -0.15) is 0 Å². The van der Waals surface area contributed by atoms with Gasteiger partial charge >= 0.3 is 0 Å². The van der Waals surface area contributed by atoms with Gasteiger partial charge in [0.25, 0.3) is 16.8 Å². The first kappa shape index (κ1) is 21.9. The van der Waals surface area contributed by atoms with Crippen molar-refractivity contribution >= 4 is 52.0 Å². The number of benzene rings is 2. The van der Waals surface area contributed by atoms with Crippen LogP contribution in [0.3, 0.4) is 0 Å². The van der Waals surface area contributed by atoms with Crippen LogP contribution in [0.15, 0.2) is 53.4 Å². The van der Waals surface area contributed by atoms with Crippen molar-refractivity contribution < 1.29 is 14.5 Å². The number of non-ortho nitro benzene ring substituents is 1. The first-order chi connectivity index (χ1) is 15.2. The van der Waals surface area contributed by atoms with E-state index in [1.165, 1.54) is 12.1 Å². The number of hydrogen-bond acceptors (Lipinski definition) is 5. The van der Waals surface area contributed by atoms with Crippen LogP contribution < -0.4 is 4.90 Å². The lowest BCUT2D eigenvalue weighted by Crippen LogP contribution is -2.27. The van der Waals surface area contributed by atoms with Crippen LogP contribution in [0.25, 0.3) is 11.8 Å². The van der Waals surface area contributed by atoms with E-state index in [0.29, 0.717) is 15.6 Å². The minimum atomic E-state index is -0.422. The molecule has 0 N–H and O–H groups in total. The van der Waals surface area contributed by atoms with Crippen LogP contribution in [0.1, 0.15) is 22.5 Å². The van der Waals surface area contributed by atoms with Gasteiger partial charge in [-0.15, -0.1) is 0 Å². The SMILES string of the molecule is Cc1cc([N+](=O)[O-])ccc1-n1c(C)cc(C=C2SC(=O)N(c3ccc(Cl)cc3)C2=O)c1C. The van der Waals surface area contributed by atoms with E-state index in [4.69, 9.17) is 11.6 Å². The summed E-state index contributed by atoms with van der Waals surface area (Å²) in [6.07, 6.45) is 1.71. The Morgan fingerprint density at radius 1 is 1.03 bits per heavy atom. The normalized spacial score (nSPS) is 15.1. The third-order valence-corrected chi connectivity index (χ3v) is 6.39. The average Bonchev–Trinajstić information content (AvgIpc) is 3.17. The van der Waals surface area contributed by atoms with Gasteiger partial charge in [0.05, 0.1) is 15.5 Å². The Morgan fingerprint density at radius 2 is 1.72 bits per heavy atom. The van der Waals surface area contributed by atoms with E-state index in [1.54, 1.807) is 36.4 Å². The summed E-state index contributed by atoms with van der Waals surface area (Å²) in [4.78, 5) is 37.5. The molecule has 2 heterocycles. The topological polar surface area (TPSA) is 85.4 Å². The molecular weight excluding hydrogens is 450 g/mol. The zero-order chi connectivity index (χ0) is 23.2. The molecule has 1 fully saturated rings. The summed E-state index contributed by atoms with van der Waals surface area (Å²) in [6.45, 7) is 5.64. The number of aryl methyl sites for hydroxylation is 2. The Bertz CT molecular complexity index is 1310. The van der Waals surface area contributed by atoms with E-state index in [-0.39, 0.29) is 10.9 Å². The Balaban J connectivity index is 1.70. The third-order valence-electron chi connectivity index (χ3n) is 5.27. The monoisotopic (exact) mass is 467 g/mol. The Morgan fingerprint density at radius 3 is 2.34 bits per heavy atom. The number of carbonyl (C=O) groups is 2. The second kappa shape index (κ2) is 8.29. The second-order valence-electron chi connectivity index (χ2n) is 7.38. The van der Waals surface area contributed by atoms with E-state index in [1.807, 2.05) is 31.4 Å². The van der Waals surface area contributed by atoms with Gasteiger partial charge < -0.3 is 4.57 Å². The number of anilines is 1. The maximum atomic E-state index is 12.9. The van der Waals surface area contributed by atoms with Crippen LogP contribution >= 0.6 is 23.4 Å². The third kappa shape index (κ3) is 3.83. The number of nitro groups is 1. The first-order valence-electron chi connectivity index (χ1n) is 9.65. The molecule has 0 unspecified atom stereocenters. The summed E-state index contributed by atoms with van der Waals surface area (Å²) >= 11 is 6.79. The predicted octanol–water partition coefficient (Wildman–Crippen LogP) is 6.21. The average molecular weight is 468 g/mol. The number of amides is 2. The minimum absolute atomic E-state index is 0.0322. The number of thioether (sulfide) groups is 1. The molecule has 9 heteroatoms. The quantitative estimate of drug-likeness (QED) is 0.259. The van der Waals surface area contributed by atoms with Crippen molar-refractivity contribution in [3.05, 3.63) is 91.1 Å². The molecule has 3 aromatic rings. The number of halogens is 1. The van der Waals surface area contributed by atoms with Crippen LogP contribution in [0.4, 0.5) is 16.2 Å². The highest BCUT2D eigenvalue weighted by Crippen LogP contribution is 2.37. The van der Waals surface area contributed by atoms with Gasteiger partial charge in [0.1, 0.15) is 0 Å². The Kier molecular flexibility index (Phi) is 5.66. The fourth-order valence-corrected chi connectivity index (χ4v) is 4.69. The van der Waals surface area contributed by atoms with Crippen LogP contribution in [0, 0.1) is 30.9 Å². The highest BCUT2D eigenvalue weighted by molar-refractivity contribution is 8.19. The molecule has 1 aliphatic rings. The van der Waals surface area contributed by atoms with Crippen molar-refractivity contribution in [2.45, 2.75) is 20.8 Å². The summed E-state index contributed by atoms with van der Waals surface area (Å²) in [5.41, 5.74) is 4.63. The molecule has 0 aliphatic carbocycles. The summed E-state index contributed by atoms with van der Waals surface area (Å²) in [5, 5.41) is 11.2. The largest absolute Gasteiger partial charge is 0.318 e. The maximum absolute atomic E-state index is 12.9. The summed E-state index contributed by atoms with van der Waals surface area (Å²) in [6, 6.07) is 13.2. The molecule has 0 spiro atoms. The van der Waals surface area contributed by atoms with E-state index in [9.17, 15) is 19.7 Å². The molecule has 4 rings (SSSR count). The van der Waals surface area contributed by atoms with Gasteiger partial charge in [-0.25, -0.2) is 4.90 Å². The van der Waals surface area contributed by atoms with Gasteiger partial charge in [0.15, 0.2) is 0 Å². The van der Waals surface area contributed by atoms with E-state index >= 15 is 0 Å². The molecule has 1 aliphatic heterocycles. The molecule has 32 heavy (non-hydrogen) atoms. The molecule has 7 nitrogen and oxygen atoms in total. The van der Waals surface area contributed by atoms with Crippen LogP contribution in [0.5, 0.6) is 0 Å². The molecule has 0 saturated carbocycles. The number of nitro benzene ring substituents is 1. The minimum Gasteiger partial charge on any atom is -0.318 e. The summed E-state index contributed by atoms with van der Waals surface area (Å²) in [5.74, 6) is -0.390. The van der Waals surface area contributed by atoms with Gasteiger partial charge in [-0.1, -0.05) is 11.6 Å². The predicted molar refractivity (Wildman–Crippen MR) is 127 cm³/mol. The molecule has 162 valence electrons. The fourth-order valence-electron chi connectivity index (χ4n) is 3.73. The number of nitrogens with zero attached hydrogens (tertiary/aromatic N) is 3. The van der Waals surface area contributed by atoms with Crippen molar-refractivity contribution in [2.75, 3.05) is 4.90 Å². The van der Waals surface area contributed by atoms with Gasteiger partial charge in [-0.05, 0) is 86.1 Å². The standard InChI is InChI=1S/C23H18ClN3O4S/c1-13-10-19(27(30)31)8-9-20(13)25-14(2)11-16(15(25)3)12-21-22(28)26(23(29)32-21)18-6-4-17(24)5-7-18/h4-12H,1-3H3. The maximum Gasteiger partial charge on any atom is 0.298 e. The number of rotatable bonds is 4. The van der Waals surface area contributed by atoms with Crippen LogP contribution in [-0.2, 0) is 4.79 Å². The van der Waals surface area contributed by atoms with E-state index in [0.717, 1.165) is 44.9 Å². The van der Waals surface area contributed by atoms with Crippen LogP contribution in [0.2, 0.25) is 5.02 Å². The number of carbonyl (C=O) groups excluding carboxylic acids is 2. The number of imide groups is 1. The fraction of sp³-hybridized carbons (Fsp3) is 0.130. The molecular formula is C23H18ClN3O4S. The molecule has 2 aromatic carbocycles. The van der Waals surface area contributed by atoms with Crippen molar-refractivity contribution in [3.63, 3.8) is 0 Å². The Labute approximate surface area is 193 Å². The Hall–Kier alpha value is -3.36. The van der Waals surface area contributed by atoms with Gasteiger partial charge in [-0.3, -0.25) is 19.7 Å². The molecule has 1 aromatic heterocycles. The number of hydrogen-bond donors (Lipinski definition) is 0. The molecule has 0 atom stereocenters. The van der Waals surface area contributed by atoms with Crippen LogP contribution in [-0.4, -0.2) is 20.6 Å². The molecule has 0 radical (unpaired) electrons. The molecule has 1 saturated heterocycles. The van der Waals surface area contributed by atoms with Crippen molar-refractivity contribution in [1.82, 2.24) is 4.57 Å². The van der Waals surface area contributed by atoms with Gasteiger partial charge in [0, 0.05) is 34.2 Å². The van der Waals surface area contributed by atoms with Gasteiger partial charge in [0.2, 0.25) is 0 Å². The lowest BCUT2D eigenvalue weighted by atomic mass is 10.1. The summed E-state index contributed by atoms with van der Waals surface area (Å²) in [7, 11) is 0. The second-order valence-corrected chi connectivity index (χ2v) is 8.81.